The molecule has 9 atom stereocenters. The Morgan fingerprint density at radius 2 is 1.16 bits per heavy atom. The Kier molecular flexibility index (Phi) is 12.4. The highest BCUT2D eigenvalue weighted by atomic mass is 16.8. The summed E-state index contributed by atoms with van der Waals surface area (Å²) in [5.74, 6) is 0. The van der Waals surface area contributed by atoms with Gasteiger partial charge in [0.1, 0.15) is 36.6 Å². The third-order valence-electron chi connectivity index (χ3n) is 9.29. The Morgan fingerprint density at radius 3 is 1.73 bits per heavy atom. The molecular weight excluding hydrogens is 650 g/mol. The van der Waals surface area contributed by atoms with Gasteiger partial charge in [-0.1, -0.05) is 126 Å². The van der Waals surface area contributed by atoms with E-state index in [2.05, 4.69) is 10.0 Å². The van der Waals surface area contributed by atoms with Gasteiger partial charge in [-0.3, -0.25) is 0 Å². The molecule has 7 rings (SSSR count). The molecule has 3 aliphatic heterocycles. The lowest BCUT2D eigenvalue weighted by atomic mass is 9.97. The molecule has 0 saturated carbocycles. The van der Waals surface area contributed by atoms with Gasteiger partial charge in [0.2, 0.25) is 0 Å². The van der Waals surface area contributed by atoms with Crippen LogP contribution in [0.5, 0.6) is 0 Å². The second-order valence-electron chi connectivity index (χ2n) is 12.9. The van der Waals surface area contributed by atoms with Crippen LogP contribution in [-0.2, 0) is 64.3 Å². The Bertz CT molecular complexity index is 1660. The van der Waals surface area contributed by atoms with Crippen LogP contribution in [0.3, 0.4) is 0 Å². The Hall–Kier alpha value is -4.13. The fourth-order valence-corrected chi connectivity index (χ4v) is 6.73. The summed E-state index contributed by atoms with van der Waals surface area (Å²) in [5.41, 5.74) is 13.6. The average Bonchev–Trinajstić information content (AvgIpc) is 3.62. The van der Waals surface area contributed by atoms with Gasteiger partial charge in [-0.15, -0.1) is 0 Å². The minimum atomic E-state index is -0.761. The summed E-state index contributed by atoms with van der Waals surface area (Å²) in [6.07, 6.45) is -4.27. The van der Waals surface area contributed by atoms with Crippen molar-refractivity contribution in [3.05, 3.63) is 154 Å². The topological polar surface area (TPSA) is 123 Å². The second kappa shape index (κ2) is 17.9. The molecule has 0 N–H and O–H groups in total. The number of hydrogen-bond acceptors (Lipinski definition) is 9. The van der Waals surface area contributed by atoms with E-state index < -0.39 is 55.2 Å². The van der Waals surface area contributed by atoms with Crippen LogP contribution >= 0.6 is 0 Å². The monoisotopic (exact) mass is 693 g/mol. The maximum Gasteiger partial charge on any atom is 0.169 e. The van der Waals surface area contributed by atoms with Gasteiger partial charge < -0.3 is 37.9 Å². The van der Waals surface area contributed by atoms with Crippen LogP contribution < -0.4 is 0 Å². The average molecular weight is 694 g/mol. The molecule has 0 amide bonds. The molecule has 2 bridgehead atoms. The van der Waals surface area contributed by atoms with E-state index in [-0.39, 0.29) is 13.2 Å². The molecule has 0 radical (unpaired) electrons. The van der Waals surface area contributed by atoms with E-state index in [1.807, 2.05) is 121 Å². The summed E-state index contributed by atoms with van der Waals surface area (Å²) in [5, 5.41) is 4.05. The molecule has 51 heavy (non-hydrogen) atoms. The number of ether oxygens (including phenoxy) is 8. The lowest BCUT2D eigenvalue weighted by molar-refractivity contribution is -0.313. The van der Waals surface area contributed by atoms with E-state index in [1.165, 1.54) is 0 Å². The van der Waals surface area contributed by atoms with Gasteiger partial charge >= 0.3 is 0 Å². The van der Waals surface area contributed by atoms with Crippen molar-refractivity contribution in [1.82, 2.24) is 0 Å². The van der Waals surface area contributed by atoms with Crippen LogP contribution in [-0.4, -0.2) is 68.5 Å². The number of benzene rings is 4. The zero-order chi connectivity index (χ0) is 34.7. The molecule has 11 heteroatoms. The molecule has 266 valence electrons. The fraction of sp³-hybridized carbons (Fsp3) is 0.400. The number of azide groups is 1. The Morgan fingerprint density at radius 1 is 0.627 bits per heavy atom. The molecule has 0 unspecified atom stereocenters. The van der Waals surface area contributed by atoms with Crippen molar-refractivity contribution in [3.63, 3.8) is 0 Å². The van der Waals surface area contributed by atoms with E-state index in [1.54, 1.807) is 0 Å². The zero-order valence-electron chi connectivity index (χ0n) is 28.3. The van der Waals surface area contributed by atoms with Crippen molar-refractivity contribution in [3.8, 4) is 0 Å². The minimum Gasteiger partial charge on any atom is -0.374 e. The van der Waals surface area contributed by atoms with Crippen LogP contribution in [0.2, 0.25) is 0 Å². The van der Waals surface area contributed by atoms with E-state index in [0.717, 1.165) is 22.3 Å². The van der Waals surface area contributed by atoms with Gasteiger partial charge in [-0.05, 0) is 27.8 Å². The van der Waals surface area contributed by atoms with Crippen molar-refractivity contribution in [2.45, 2.75) is 88.1 Å². The summed E-state index contributed by atoms with van der Waals surface area (Å²) < 4.78 is 51.6. The van der Waals surface area contributed by atoms with Crippen LogP contribution in [0.15, 0.2) is 126 Å². The summed E-state index contributed by atoms with van der Waals surface area (Å²) in [7, 11) is 0. The minimum absolute atomic E-state index is 0.241. The summed E-state index contributed by atoms with van der Waals surface area (Å²) in [6, 6.07) is 39.2. The van der Waals surface area contributed by atoms with Crippen LogP contribution in [0, 0.1) is 0 Å². The maximum absolute atomic E-state index is 9.49. The first kappa shape index (κ1) is 35.3. The van der Waals surface area contributed by atoms with Crippen molar-refractivity contribution in [2.24, 2.45) is 5.11 Å². The molecule has 0 aromatic heterocycles. The molecule has 11 nitrogen and oxygen atoms in total. The predicted octanol–water partition coefficient (Wildman–Crippen LogP) is 6.89. The zero-order valence-corrected chi connectivity index (χ0v) is 28.3. The smallest absolute Gasteiger partial charge is 0.169 e. The SMILES string of the molecule is [N-]=[N+]=N[C@H]1[C@@H]2OC[C@H](O2)[C@@H](O[C@H]2C[C@@H](OCc3ccccc3)[C@H](OCc3ccccc3)[C@@H](COCc3ccccc3)O2)[C@@H]1OCc1ccccc1. The van der Waals surface area contributed by atoms with Crippen molar-refractivity contribution in [2.75, 3.05) is 13.2 Å². The summed E-state index contributed by atoms with van der Waals surface area (Å²) in [4.78, 5) is 3.10. The predicted molar refractivity (Wildman–Crippen MR) is 187 cm³/mol. The third-order valence-corrected chi connectivity index (χ3v) is 9.29. The highest BCUT2D eigenvalue weighted by Crippen LogP contribution is 2.37. The molecule has 3 heterocycles. The van der Waals surface area contributed by atoms with Gasteiger partial charge in [-0.25, -0.2) is 0 Å². The van der Waals surface area contributed by atoms with Crippen LogP contribution in [0.1, 0.15) is 28.7 Å². The van der Waals surface area contributed by atoms with Gasteiger partial charge in [0.05, 0.1) is 45.7 Å². The lowest BCUT2D eigenvalue weighted by Gasteiger charge is -2.45. The number of fused-ring (bicyclic) bond motifs is 2. The Balaban J connectivity index is 1.13. The normalized spacial score (nSPS) is 28.6. The quantitative estimate of drug-likeness (QED) is 0.0706. The molecule has 3 saturated heterocycles. The van der Waals surface area contributed by atoms with Gasteiger partial charge in [0.15, 0.2) is 12.6 Å². The first-order valence-electron chi connectivity index (χ1n) is 17.4. The molecule has 0 spiro atoms. The molecule has 4 aromatic carbocycles. The van der Waals surface area contributed by atoms with Gasteiger partial charge in [0.25, 0.3) is 0 Å². The standard InChI is InChI=1S/C40H43N3O8/c41-43-42-36-39(47-25-31-19-11-4-12-20-31)38(34-27-48-40(36)50-34)51-35-21-32(45-23-29-15-7-2-8-16-29)37(46-24-30-17-9-3-10-18-30)33(49-35)26-44-22-28-13-5-1-6-14-28/h1-20,32-40H,21-27H2/t32-,33-,34+,35+,36-,37+,38-,39-,40-/m1/s1. The molecular formula is C40H43N3O8. The largest absolute Gasteiger partial charge is 0.374 e. The van der Waals surface area contributed by atoms with Crippen molar-refractivity contribution >= 4 is 0 Å². The molecule has 4 aromatic rings. The van der Waals surface area contributed by atoms with E-state index in [0.29, 0.717) is 32.8 Å². The van der Waals surface area contributed by atoms with E-state index in [4.69, 9.17) is 37.9 Å². The van der Waals surface area contributed by atoms with E-state index >= 15 is 0 Å². The highest BCUT2D eigenvalue weighted by Gasteiger charge is 2.53. The maximum atomic E-state index is 9.49. The van der Waals surface area contributed by atoms with Gasteiger partial charge in [0, 0.05) is 11.3 Å². The first-order chi connectivity index (χ1) is 25.2. The molecule has 3 fully saturated rings. The lowest BCUT2D eigenvalue weighted by Crippen LogP contribution is -2.59. The highest BCUT2D eigenvalue weighted by molar-refractivity contribution is 5.16. The molecule has 0 aliphatic carbocycles. The van der Waals surface area contributed by atoms with Crippen LogP contribution in [0.25, 0.3) is 10.4 Å². The number of nitrogens with zero attached hydrogens (tertiary/aromatic N) is 3. The van der Waals surface area contributed by atoms with Crippen molar-refractivity contribution in [1.29, 1.82) is 0 Å². The third kappa shape index (κ3) is 9.41. The van der Waals surface area contributed by atoms with E-state index in [9.17, 15) is 5.53 Å². The molecule has 3 aliphatic rings. The van der Waals surface area contributed by atoms with Crippen LogP contribution in [0.4, 0.5) is 0 Å². The summed E-state index contributed by atoms with van der Waals surface area (Å²) in [6.45, 7) is 1.97. The fourth-order valence-electron chi connectivity index (χ4n) is 6.73. The van der Waals surface area contributed by atoms with Crippen molar-refractivity contribution < 1.29 is 37.9 Å². The summed E-state index contributed by atoms with van der Waals surface area (Å²) >= 11 is 0. The number of rotatable bonds is 16. The van der Waals surface area contributed by atoms with Gasteiger partial charge in [-0.2, -0.15) is 0 Å². The number of hydrogen-bond donors (Lipinski definition) is 0. The Labute approximate surface area is 297 Å². The second-order valence-corrected chi connectivity index (χ2v) is 12.9. The first-order valence-corrected chi connectivity index (χ1v) is 17.4.